The highest BCUT2D eigenvalue weighted by Crippen LogP contribution is 2.24. The molecule has 0 amide bonds. The van der Waals surface area contributed by atoms with E-state index in [4.69, 9.17) is 9.57 Å². The number of nitrogens with zero attached hydrogens (tertiary/aromatic N) is 1. The standard InChI is InChI=1S/C23H29NO5/c1-16-8-5-4-6-11-28-23(27)22-17(2)12-21(26)14-19(22)13-20(10-7-9-16)24-29-15-18(3)25/h5,7-8,10,12,14,16,26H,4,6,9,11,13,15H2,1-3H3/b8-5+,10-7+,24-20+. The van der Waals surface area contributed by atoms with Crippen molar-refractivity contribution in [2.45, 2.75) is 46.5 Å². The van der Waals surface area contributed by atoms with Crippen molar-refractivity contribution >= 4 is 17.5 Å². The molecule has 1 atom stereocenters. The summed E-state index contributed by atoms with van der Waals surface area (Å²) in [5, 5.41) is 14.1. The zero-order valence-electron chi connectivity index (χ0n) is 17.3. The molecule has 0 aliphatic carbocycles. The van der Waals surface area contributed by atoms with Crippen molar-refractivity contribution < 1.29 is 24.3 Å². The second-order valence-electron chi connectivity index (χ2n) is 7.35. The van der Waals surface area contributed by atoms with E-state index in [0.29, 0.717) is 34.9 Å². The zero-order chi connectivity index (χ0) is 21.2. The van der Waals surface area contributed by atoms with Gasteiger partial charge in [-0.25, -0.2) is 4.79 Å². The average molecular weight is 399 g/mol. The number of oxime groups is 1. The van der Waals surface area contributed by atoms with E-state index in [1.165, 1.54) is 13.0 Å². The van der Waals surface area contributed by atoms with Gasteiger partial charge in [-0.05, 0) is 68.4 Å². The van der Waals surface area contributed by atoms with Gasteiger partial charge < -0.3 is 14.7 Å². The third-order valence-electron chi connectivity index (χ3n) is 4.46. The quantitative estimate of drug-likeness (QED) is 0.465. The first-order valence-corrected chi connectivity index (χ1v) is 9.88. The number of fused-ring (bicyclic) bond motifs is 1. The Bertz CT molecular complexity index is 823. The monoisotopic (exact) mass is 399 g/mol. The first kappa shape index (κ1) is 22.4. The minimum atomic E-state index is -0.419. The number of hydrogen-bond acceptors (Lipinski definition) is 6. The molecule has 1 unspecified atom stereocenters. The van der Waals surface area contributed by atoms with E-state index < -0.39 is 5.97 Å². The van der Waals surface area contributed by atoms with Gasteiger partial charge in [-0.3, -0.25) is 4.79 Å². The van der Waals surface area contributed by atoms with E-state index in [0.717, 1.165) is 19.3 Å². The number of aryl methyl sites for hydroxylation is 1. The molecule has 6 heteroatoms. The highest BCUT2D eigenvalue weighted by atomic mass is 16.6. The molecule has 2 rings (SSSR count). The lowest BCUT2D eigenvalue weighted by Crippen LogP contribution is -2.14. The minimum Gasteiger partial charge on any atom is -0.508 e. The molecule has 0 spiro atoms. The van der Waals surface area contributed by atoms with Gasteiger partial charge in [0, 0.05) is 6.42 Å². The summed E-state index contributed by atoms with van der Waals surface area (Å²) >= 11 is 0. The predicted molar refractivity (Wildman–Crippen MR) is 112 cm³/mol. The number of phenols is 1. The molecule has 1 aliphatic rings. The molecule has 1 aliphatic heterocycles. The maximum atomic E-state index is 12.7. The van der Waals surface area contributed by atoms with Crippen LogP contribution < -0.4 is 0 Å². The minimum absolute atomic E-state index is 0.0674. The summed E-state index contributed by atoms with van der Waals surface area (Å²) in [6, 6.07) is 3.08. The number of carbonyl (C=O) groups is 2. The maximum absolute atomic E-state index is 12.7. The second-order valence-corrected chi connectivity index (χ2v) is 7.35. The highest BCUT2D eigenvalue weighted by molar-refractivity contribution is 6.00. The van der Waals surface area contributed by atoms with E-state index >= 15 is 0 Å². The SMILES string of the molecule is CC(=O)CO/N=C1\C=C\CC(C)/C=C/CCCOC(=O)c2c(C)cc(O)cc2C1. The molecule has 0 saturated heterocycles. The van der Waals surface area contributed by atoms with Crippen LogP contribution in [0.25, 0.3) is 0 Å². The van der Waals surface area contributed by atoms with Crippen LogP contribution in [0.4, 0.5) is 0 Å². The van der Waals surface area contributed by atoms with Crippen molar-refractivity contribution in [2.75, 3.05) is 13.2 Å². The molecule has 0 aromatic heterocycles. The molecule has 0 fully saturated rings. The Balaban J connectivity index is 2.40. The number of aromatic hydroxyl groups is 1. The van der Waals surface area contributed by atoms with Crippen molar-refractivity contribution in [3.05, 3.63) is 53.1 Å². The Morgan fingerprint density at radius 2 is 2.14 bits per heavy atom. The normalized spacial score (nSPS) is 22.0. The number of hydrogen-bond donors (Lipinski definition) is 1. The predicted octanol–water partition coefficient (Wildman–Crippen LogP) is 4.29. The van der Waals surface area contributed by atoms with Gasteiger partial charge in [0.25, 0.3) is 0 Å². The number of benzene rings is 1. The number of Topliss-reactive ketones (excluding diaryl/α,β-unsaturated/α-hetero) is 1. The highest BCUT2D eigenvalue weighted by Gasteiger charge is 2.18. The van der Waals surface area contributed by atoms with Gasteiger partial charge in [0.05, 0.1) is 17.9 Å². The molecule has 6 nitrogen and oxygen atoms in total. The molecule has 29 heavy (non-hydrogen) atoms. The largest absolute Gasteiger partial charge is 0.508 e. The number of ketones is 1. The van der Waals surface area contributed by atoms with E-state index in [1.54, 1.807) is 13.0 Å². The molecule has 1 aromatic carbocycles. The van der Waals surface area contributed by atoms with Crippen LogP contribution >= 0.6 is 0 Å². The molecule has 1 aromatic rings. The summed E-state index contributed by atoms with van der Waals surface area (Å²) in [5.41, 5.74) is 2.21. The van der Waals surface area contributed by atoms with Crippen LogP contribution in [0, 0.1) is 12.8 Å². The van der Waals surface area contributed by atoms with Gasteiger partial charge in [-0.15, -0.1) is 0 Å². The smallest absolute Gasteiger partial charge is 0.338 e. The molecule has 0 saturated carbocycles. The first-order valence-electron chi connectivity index (χ1n) is 9.88. The average Bonchev–Trinajstić information content (AvgIpc) is 2.63. The van der Waals surface area contributed by atoms with Gasteiger partial charge >= 0.3 is 5.97 Å². The van der Waals surface area contributed by atoms with Crippen LogP contribution in [0.2, 0.25) is 0 Å². The Labute approximate surface area is 171 Å². The lowest BCUT2D eigenvalue weighted by Gasteiger charge is -2.13. The number of cyclic esters (lactones) is 1. The Kier molecular flexibility index (Phi) is 8.65. The topological polar surface area (TPSA) is 85.2 Å². The zero-order valence-corrected chi connectivity index (χ0v) is 17.3. The Hall–Kier alpha value is -2.89. The van der Waals surface area contributed by atoms with Gasteiger partial charge in [0.15, 0.2) is 12.4 Å². The molecule has 1 N–H and O–H groups in total. The van der Waals surface area contributed by atoms with E-state index in [1.807, 2.05) is 12.2 Å². The van der Waals surface area contributed by atoms with Crippen LogP contribution in [-0.4, -0.2) is 35.8 Å². The van der Waals surface area contributed by atoms with Crippen molar-refractivity contribution in [1.29, 1.82) is 0 Å². The first-order chi connectivity index (χ1) is 13.9. The lowest BCUT2D eigenvalue weighted by molar-refractivity contribution is -0.121. The number of phenolic OH excluding ortho intramolecular Hbond substituents is 1. The molecule has 0 radical (unpaired) electrons. The third-order valence-corrected chi connectivity index (χ3v) is 4.46. The summed E-state index contributed by atoms with van der Waals surface area (Å²) in [4.78, 5) is 29.0. The van der Waals surface area contributed by atoms with Crippen molar-refractivity contribution in [3.63, 3.8) is 0 Å². The maximum Gasteiger partial charge on any atom is 0.338 e. The fourth-order valence-corrected chi connectivity index (χ4v) is 3.06. The summed E-state index contributed by atoms with van der Waals surface area (Å²) < 4.78 is 5.45. The number of allylic oxidation sites excluding steroid dienone is 4. The molecular formula is C23H29NO5. The summed E-state index contributed by atoms with van der Waals surface area (Å²) in [7, 11) is 0. The Morgan fingerprint density at radius 3 is 2.90 bits per heavy atom. The number of ether oxygens (including phenoxy) is 1. The van der Waals surface area contributed by atoms with Crippen LogP contribution in [0.1, 0.15) is 54.6 Å². The van der Waals surface area contributed by atoms with Gasteiger partial charge in [-0.1, -0.05) is 30.3 Å². The number of esters is 1. The van der Waals surface area contributed by atoms with E-state index in [-0.39, 0.29) is 24.6 Å². The van der Waals surface area contributed by atoms with Crippen molar-refractivity contribution in [3.8, 4) is 5.75 Å². The number of carbonyl (C=O) groups excluding carboxylic acids is 2. The van der Waals surface area contributed by atoms with Crippen LogP contribution in [-0.2, 0) is 20.8 Å². The molecule has 1 heterocycles. The van der Waals surface area contributed by atoms with E-state index in [2.05, 4.69) is 24.2 Å². The number of rotatable bonds is 3. The van der Waals surface area contributed by atoms with E-state index in [9.17, 15) is 14.7 Å². The van der Waals surface area contributed by atoms with Crippen molar-refractivity contribution in [2.24, 2.45) is 11.1 Å². The summed E-state index contributed by atoms with van der Waals surface area (Å²) in [6.45, 7) is 5.52. The molecule has 156 valence electrons. The lowest BCUT2D eigenvalue weighted by atomic mass is 9.96. The fourth-order valence-electron chi connectivity index (χ4n) is 3.06. The van der Waals surface area contributed by atoms with Crippen LogP contribution in [0.5, 0.6) is 5.75 Å². The van der Waals surface area contributed by atoms with Crippen LogP contribution in [0.3, 0.4) is 0 Å². The van der Waals surface area contributed by atoms with Gasteiger partial charge in [-0.2, -0.15) is 0 Å². The molecule has 0 bridgehead atoms. The molecular weight excluding hydrogens is 370 g/mol. The van der Waals surface area contributed by atoms with Crippen LogP contribution in [0.15, 0.2) is 41.6 Å². The van der Waals surface area contributed by atoms with Crippen molar-refractivity contribution in [1.82, 2.24) is 0 Å². The fraction of sp³-hybridized carbons (Fsp3) is 0.435. The van der Waals surface area contributed by atoms with Gasteiger partial charge in [0.1, 0.15) is 5.75 Å². The second kappa shape index (κ2) is 11.2. The van der Waals surface area contributed by atoms with Gasteiger partial charge in [0.2, 0.25) is 0 Å². The Morgan fingerprint density at radius 1 is 1.34 bits per heavy atom. The summed E-state index contributed by atoms with van der Waals surface area (Å²) in [6.07, 6.45) is 10.8. The third kappa shape index (κ3) is 7.56. The summed E-state index contributed by atoms with van der Waals surface area (Å²) in [5.74, 6) is -0.126.